The molecule has 1 aromatic heterocycles. The molecule has 0 aliphatic heterocycles. The van der Waals surface area contributed by atoms with E-state index < -0.39 is 5.63 Å². The smallest absolute Gasteiger partial charge is 0.339 e. The van der Waals surface area contributed by atoms with Crippen molar-refractivity contribution >= 4 is 11.0 Å². The van der Waals surface area contributed by atoms with Gasteiger partial charge < -0.3 is 13.9 Å². The van der Waals surface area contributed by atoms with E-state index >= 15 is 0 Å². The summed E-state index contributed by atoms with van der Waals surface area (Å²) < 4.78 is 16.1. The van der Waals surface area contributed by atoms with E-state index in [1.54, 1.807) is 6.07 Å². The van der Waals surface area contributed by atoms with Crippen LogP contribution in [0.15, 0.2) is 63.8 Å². The highest BCUT2D eigenvalue weighted by atomic mass is 16.5. The van der Waals surface area contributed by atoms with Crippen molar-refractivity contribution in [2.24, 2.45) is 0 Å². The number of rotatable bonds is 4. The van der Waals surface area contributed by atoms with Crippen LogP contribution in [-0.2, 0) is 6.61 Å². The van der Waals surface area contributed by atoms with Crippen LogP contribution in [0.2, 0.25) is 0 Å². The SMILES string of the molecule is COc1cc(=O)oc2cc(OCc3ccccc3)ccc12. The number of ether oxygens (including phenoxy) is 2. The molecule has 0 amide bonds. The maximum Gasteiger partial charge on any atom is 0.339 e. The van der Waals surface area contributed by atoms with E-state index in [-0.39, 0.29) is 0 Å². The maximum absolute atomic E-state index is 11.5. The first kappa shape index (κ1) is 13.2. The lowest BCUT2D eigenvalue weighted by molar-refractivity contribution is 0.306. The zero-order chi connectivity index (χ0) is 14.7. The van der Waals surface area contributed by atoms with Crippen LogP contribution >= 0.6 is 0 Å². The Bertz CT molecular complexity index is 806. The molecule has 106 valence electrons. The van der Waals surface area contributed by atoms with Crippen LogP contribution in [0.5, 0.6) is 11.5 Å². The topological polar surface area (TPSA) is 48.7 Å². The fraction of sp³-hybridized carbons (Fsp3) is 0.118. The molecule has 0 aliphatic carbocycles. The average molecular weight is 282 g/mol. The summed E-state index contributed by atoms with van der Waals surface area (Å²) in [4.78, 5) is 11.5. The van der Waals surface area contributed by atoms with Crippen LogP contribution in [0, 0.1) is 0 Å². The van der Waals surface area contributed by atoms with E-state index in [9.17, 15) is 4.79 Å². The Hall–Kier alpha value is -2.75. The zero-order valence-corrected chi connectivity index (χ0v) is 11.5. The zero-order valence-electron chi connectivity index (χ0n) is 11.5. The van der Waals surface area contributed by atoms with Gasteiger partial charge in [0.2, 0.25) is 0 Å². The van der Waals surface area contributed by atoms with Gasteiger partial charge in [-0.1, -0.05) is 30.3 Å². The molecule has 21 heavy (non-hydrogen) atoms. The van der Waals surface area contributed by atoms with E-state index in [0.29, 0.717) is 23.7 Å². The van der Waals surface area contributed by atoms with Crippen LogP contribution < -0.4 is 15.1 Å². The van der Waals surface area contributed by atoms with Crippen molar-refractivity contribution in [3.05, 3.63) is 70.6 Å². The van der Waals surface area contributed by atoms with Crippen LogP contribution in [0.3, 0.4) is 0 Å². The minimum absolute atomic E-state index is 0.445. The molecule has 0 atom stereocenters. The summed E-state index contributed by atoms with van der Waals surface area (Å²) in [6.07, 6.45) is 0. The predicted molar refractivity (Wildman–Crippen MR) is 79.8 cm³/mol. The molecule has 0 fully saturated rings. The van der Waals surface area contributed by atoms with Crippen LogP contribution in [0.4, 0.5) is 0 Å². The molecule has 0 N–H and O–H groups in total. The standard InChI is InChI=1S/C17H14O4/c1-19-15-10-17(18)21-16-9-13(7-8-14(15)16)20-11-12-5-3-2-4-6-12/h2-10H,11H2,1H3. The first-order valence-electron chi connectivity index (χ1n) is 6.55. The highest BCUT2D eigenvalue weighted by Crippen LogP contribution is 2.27. The van der Waals surface area contributed by atoms with Gasteiger partial charge in [-0.25, -0.2) is 4.79 Å². The Morgan fingerprint density at radius 1 is 1.05 bits per heavy atom. The van der Waals surface area contributed by atoms with Gasteiger partial charge in [0.05, 0.1) is 18.6 Å². The lowest BCUT2D eigenvalue weighted by Crippen LogP contribution is -1.99. The Labute approximate surface area is 121 Å². The summed E-state index contributed by atoms with van der Waals surface area (Å²) in [7, 11) is 1.52. The Morgan fingerprint density at radius 2 is 1.86 bits per heavy atom. The summed E-state index contributed by atoms with van der Waals surface area (Å²) in [5, 5.41) is 0.740. The first-order valence-corrected chi connectivity index (χ1v) is 6.55. The number of hydrogen-bond acceptors (Lipinski definition) is 4. The number of fused-ring (bicyclic) bond motifs is 1. The van der Waals surface area contributed by atoms with Crippen LogP contribution in [0.25, 0.3) is 11.0 Å². The van der Waals surface area contributed by atoms with Gasteiger partial charge in [0.15, 0.2) is 0 Å². The van der Waals surface area contributed by atoms with Gasteiger partial charge in [0.1, 0.15) is 23.7 Å². The molecule has 0 radical (unpaired) electrons. The Kier molecular flexibility index (Phi) is 3.60. The molecule has 2 aromatic carbocycles. The lowest BCUT2D eigenvalue weighted by Gasteiger charge is -2.08. The number of benzene rings is 2. The third kappa shape index (κ3) is 2.89. The molecular weight excluding hydrogens is 268 g/mol. The van der Waals surface area contributed by atoms with Crippen molar-refractivity contribution in [3.63, 3.8) is 0 Å². The summed E-state index contributed by atoms with van der Waals surface area (Å²) in [6.45, 7) is 0.459. The molecule has 4 heteroatoms. The minimum Gasteiger partial charge on any atom is -0.496 e. The molecule has 0 aliphatic rings. The van der Waals surface area contributed by atoms with Gasteiger partial charge in [-0.2, -0.15) is 0 Å². The van der Waals surface area contributed by atoms with Crippen molar-refractivity contribution in [1.29, 1.82) is 0 Å². The second kappa shape index (κ2) is 5.71. The van der Waals surface area contributed by atoms with E-state index in [0.717, 1.165) is 10.9 Å². The van der Waals surface area contributed by atoms with Crippen molar-refractivity contribution in [3.8, 4) is 11.5 Å². The molecule has 1 heterocycles. The summed E-state index contributed by atoms with van der Waals surface area (Å²) in [5.74, 6) is 1.14. The molecule has 0 unspecified atom stereocenters. The summed E-state index contributed by atoms with van der Waals surface area (Å²) in [6, 6.07) is 16.5. The lowest BCUT2D eigenvalue weighted by atomic mass is 10.2. The van der Waals surface area contributed by atoms with E-state index in [1.807, 2.05) is 42.5 Å². The molecule has 3 rings (SSSR count). The van der Waals surface area contributed by atoms with E-state index in [2.05, 4.69) is 0 Å². The second-order valence-corrected chi connectivity index (χ2v) is 4.57. The molecule has 3 aromatic rings. The van der Waals surface area contributed by atoms with Gasteiger partial charge >= 0.3 is 5.63 Å². The third-order valence-corrected chi connectivity index (χ3v) is 3.15. The quantitative estimate of drug-likeness (QED) is 0.688. The van der Waals surface area contributed by atoms with Gasteiger partial charge in [-0.05, 0) is 17.7 Å². The van der Waals surface area contributed by atoms with Crippen LogP contribution in [0.1, 0.15) is 5.56 Å². The van der Waals surface area contributed by atoms with E-state index in [1.165, 1.54) is 13.2 Å². The average Bonchev–Trinajstić information content (AvgIpc) is 2.52. The second-order valence-electron chi connectivity index (χ2n) is 4.57. The molecule has 0 spiro atoms. The minimum atomic E-state index is -0.445. The van der Waals surface area contributed by atoms with Crippen molar-refractivity contribution < 1.29 is 13.9 Å². The maximum atomic E-state index is 11.5. The molecule has 0 bridgehead atoms. The van der Waals surface area contributed by atoms with Gasteiger partial charge in [0.25, 0.3) is 0 Å². The fourth-order valence-electron chi connectivity index (χ4n) is 2.11. The molecular formula is C17H14O4. The van der Waals surface area contributed by atoms with Crippen molar-refractivity contribution in [2.75, 3.05) is 7.11 Å². The largest absolute Gasteiger partial charge is 0.496 e. The van der Waals surface area contributed by atoms with Crippen molar-refractivity contribution in [2.45, 2.75) is 6.61 Å². The fourth-order valence-corrected chi connectivity index (χ4v) is 2.11. The highest BCUT2D eigenvalue weighted by Gasteiger charge is 2.07. The summed E-state index contributed by atoms with van der Waals surface area (Å²) >= 11 is 0. The van der Waals surface area contributed by atoms with Crippen molar-refractivity contribution in [1.82, 2.24) is 0 Å². The molecule has 0 saturated heterocycles. The highest BCUT2D eigenvalue weighted by molar-refractivity contribution is 5.84. The third-order valence-electron chi connectivity index (χ3n) is 3.15. The van der Waals surface area contributed by atoms with Gasteiger partial charge in [0, 0.05) is 6.07 Å². The number of hydrogen-bond donors (Lipinski definition) is 0. The summed E-state index contributed by atoms with van der Waals surface area (Å²) in [5.41, 5.74) is 1.08. The monoisotopic (exact) mass is 282 g/mol. The predicted octanol–water partition coefficient (Wildman–Crippen LogP) is 3.38. The Balaban J connectivity index is 1.89. The van der Waals surface area contributed by atoms with Gasteiger partial charge in [-0.3, -0.25) is 0 Å². The molecule has 0 saturated carbocycles. The normalized spacial score (nSPS) is 10.5. The van der Waals surface area contributed by atoms with Gasteiger partial charge in [-0.15, -0.1) is 0 Å². The number of methoxy groups -OCH3 is 1. The first-order chi connectivity index (χ1) is 10.3. The van der Waals surface area contributed by atoms with Crippen LogP contribution in [-0.4, -0.2) is 7.11 Å². The molecule has 4 nitrogen and oxygen atoms in total. The van der Waals surface area contributed by atoms with E-state index in [4.69, 9.17) is 13.9 Å². The Morgan fingerprint density at radius 3 is 2.62 bits per heavy atom.